The Morgan fingerprint density at radius 3 is 2.77 bits per heavy atom. The predicted octanol–water partition coefficient (Wildman–Crippen LogP) is 2.98. The summed E-state index contributed by atoms with van der Waals surface area (Å²) < 4.78 is 12.7. The zero-order chi connectivity index (χ0) is 9.26. The molecule has 0 unspecified atom stereocenters. The lowest BCUT2D eigenvalue weighted by atomic mass is 10.0. The molecule has 2 rings (SSSR count). The smallest absolute Gasteiger partial charge is 0.125 e. The molecule has 1 aliphatic rings. The second kappa shape index (κ2) is 3.21. The van der Waals surface area contributed by atoms with Gasteiger partial charge in [-0.15, -0.1) is 0 Å². The molecule has 0 bridgehead atoms. The molecule has 2 heteroatoms. The van der Waals surface area contributed by atoms with Gasteiger partial charge < -0.3 is 5.73 Å². The maximum absolute atomic E-state index is 12.7. The molecule has 13 heavy (non-hydrogen) atoms. The number of nitrogen functional groups attached to an aromatic ring is 1. The Bertz CT molecular complexity index is 355. The van der Waals surface area contributed by atoms with E-state index in [2.05, 4.69) is 6.08 Å². The van der Waals surface area contributed by atoms with Crippen LogP contribution in [0.15, 0.2) is 24.3 Å². The number of rotatable bonds is 1. The summed E-state index contributed by atoms with van der Waals surface area (Å²) in [4.78, 5) is 0. The van der Waals surface area contributed by atoms with Gasteiger partial charge in [-0.1, -0.05) is 6.08 Å². The maximum atomic E-state index is 12.7. The van der Waals surface area contributed by atoms with E-state index in [0.717, 1.165) is 18.4 Å². The molecule has 0 aliphatic heterocycles. The van der Waals surface area contributed by atoms with Crippen molar-refractivity contribution in [3.05, 3.63) is 35.7 Å². The van der Waals surface area contributed by atoms with Gasteiger partial charge in [0.15, 0.2) is 0 Å². The fraction of sp³-hybridized carbons (Fsp3) is 0.273. The number of hydrogen-bond acceptors (Lipinski definition) is 1. The number of halogens is 1. The van der Waals surface area contributed by atoms with Gasteiger partial charge in [-0.25, -0.2) is 4.39 Å². The highest BCUT2D eigenvalue weighted by Gasteiger charge is 2.09. The van der Waals surface area contributed by atoms with Crippen LogP contribution in [0, 0.1) is 5.82 Å². The molecule has 0 aromatic heterocycles. The number of benzene rings is 1. The van der Waals surface area contributed by atoms with Crippen molar-refractivity contribution in [2.45, 2.75) is 19.3 Å². The quantitative estimate of drug-likeness (QED) is 0.656. The molecule has 0 atom stereocenters. The predicted molar refractivity (Wildman–Crippen MR) is 52.6 cm³/mol. The van der Waals surface area contributed by atoms with Crippen molar-refractivity contribution >= 4 is 11.3 Å². The molecule has 0 fully saturated rings. The first-order valence-corrected chi connectivity index (χ1v) is 4.52. The molecule has 68 valence electrons. The van der Waals surface area contributed by atoms with Crippen LogP contribution < -0.4 is 5.73 Å². The van der Waals surface area contributed by atoms with Crippen LogP contribution in [0.2, 0.25) is 0 Å². The summed E-state index contributed by atoms with van der Waals surface area (Å²) in [5.74, 6) is -0.264. The van der Waals surface area contributed by atoms with E-state index >= 15 is 0 Å². The van der Waals surface area contributed by atoms with Crippen molar-refractivity contribution in [3.63, 3.8) is 0 Å². The van der Waals surface area contributed by atoms with E-state index in [0.29, 0.717) is 5.69 Å². The van der Waals surface area contributed by atoms with Crippen LogP contribution in [0.4, 0.5) is 10.1 Å². The van der Waals surface area contributed by atoms with E-state index in [1.807, 2.05) is 0 Å². The van der Waals surface area contributed by atoms with Gasteiger partial charge in [-0.3, -0.25) is 0 Å². The van der Waals surface area contributed by atoms with Gasteiger partial charge in [0.1, 0.15) is 5.82 Å². The van der Waals surface area contributed by atoms with Crippen LogP contribution in [-0.4, -0.2) is 0 Å². The van der Waals surface area contributed by atoms with Crippen LogP contribution in [0.1, 0.15) is 24.8 Å². The SMILES string of the molecule is Nc1cc(F)ccc1C1=CCCC1. The van der Waals surface area contributed by atoms with E-state index in [1.54, 1.807) is 6.07 Å². The summed E-state index contributed by atoms with van der Waals surface area (Å²) in [5, 5.41) is 0. The zero-order valence-corrected chi connectivity index (χ0v) is 7.39. The van der Waals surface area contributed by atoms with Gasteiger partial charge in [0.05, 0.1) is 0 Å². The van der Waals surface area contributed by atoms with Gasteiger partial charge in [-0.2, -0.15) is 0 Å². The van der Waals surface area contributed by atoms with E-state index in [1.165, 1.54) is 24.1 Å². The molecule has 0 saturated heterocycles. The van der Waals surface area contributed by atoms with E-state index in [4.69, 9.17) is 5.73 Å². The second-order valence-corrected chi connectivity index (χ2v) is 3.35. The van der Waals surface area contributed by atoms with Crippen LogP contribution >= 0.6 is 0 Å². The molecule has 2 N–H and O–H groups in total. The highest BCUT2D eigenvalue weighted by Crippen LogP contribution is 2.31. The average molecular weight is 177 g/mol. The van der Waals surface area contributed by atoms with Gasteiger partial charge >= 0.3 is 0 Å². The first-order valence-electron chi connectivity index (χ1n) is 4.52. The number of anilines is 1. The summed E-state index contributed by atoms with van der Waals surface area (Å²) >= 11 is 0. The highest BCUT2D eigenvalue weighted by molar-refractivity contribution is 5.76. The Labute approximate surface area is 77.1 Å². The van der Waals surface area contributed by atoms with Crippen molar-refractivity contribution in [1.29, 1.82) is 0 Å². The molecule has 0 radical (unpaired) electrons. The molecule has 1 aromatic carbocycles. The Kier molecular flexibility index (Phi) is 2.05. The summed E-state index contributed by atoms with van der Waals surface area (Å²) in [7, 11) is 0. The Morgan fingerprint density at radius 2 is 2.15 bits per heavy atom. The molecule has 1 aromatic rings. The molecule has 0 saturated carbocycles. The molecule has 0 heterocycles. The average Bonchev–Trinajstić information content (AvgIpc) is 2.56. The van der Waals surface area contributed by atoms with Crippen LogP contribution in [0.3, 0.4) is 0 Å². The first kappa shape index (κ1) is 8.30. The lowest BCUT2D eigenvalue weighted by molar-refractivity contribution is 0.628. The lowest BCUT2D eigenvalue weighted by Crippen LogP contribution is -1.93. The van der Waals surface area contributed by atoms with Crippen LogP contribution in [0.5, 0.6) is 0 Å². The van der Waals surface area contributed by atoms with Crippen molar-refractivity contribution in [1.82, 2.24) is 0 Å². The fourth-order valence-electron chi connectivity index (χ4n) is 1.74. The summed E-state index contributed by atoms with van der Waals surface area (Å²) in [6.45, 7) is 0. The normalized spacial score (nSPS) is 15.9. The molecule has 0 spiro atoms. The third-order valence-electron chi connectivity index (χ3n) is 2.40. The van der Waals surface area contributed by atoms with Gasteiger partial charge in [0.25, 0.3) is 0 Å². The van der Waals surface area contributed by atoms with Crippen LogP contribution in [0.25, 0.3) is 5.57 Å². The van der Waals surface area contributed by atoms with Crippen molar-refractivity contribution in [2.75, 3.05) is 5.73 Å². The molecule has 1 nitrogen and oxygen atoms in total. The standard InChI is InChI=1S/C11H12FN/c12-9-5-6-10(11(13)7-9)8-3-1-2-4-8/h3,5-7H,1-2,4,13H2. The fourth-order valence-corrected chi connectivity index (χ4v) is 1.74. The van der Waals surface area contributed by atoms with Crippen molar-refractivity contribution < 1.29 is 4.39 Å². The summed E-state index contributed by atoms with van der Waals surface area (Å²) in [5.41, 5.74) is 8.53. The van der Waals surface area contributed by atoms with Crippen molar-refractivity contribution in [3.8, 4) is 0 Å². The van der Waals surface area contributed by atoms with E-state index in [-0.39, 0.29) is 5.82 Å². The van der Waals surface area contributed by atoms with Crippen molar-refractivity contribution in [2.24, 2.45) is 0 Å². The number of nitrogens with two attached hydrogens (primary N) is 1. The zero-order valence-electron chi connectivity index (χ0n) is 7.39. The minimum Gasteiger partial charge on any atom is -0.398 e. The maximum Gasteiger partial charge on any atom is 0.125 e. The highest BCUT2D eigenvalue weighted by atomic mass is 19.1. The largest absolute Gasteiger partial charge is 0.398 e. The summed E-state index contributed by atoms with van der Waals surface area (Å²) in [6, 6.07) is 4.61. The van der Waals surface area contributed by atoms with Gasteiger partial charge in [-0.05, 0) is 43.0 Å². The summed E-state index contributed by atoms with van der Waals surface area (Å²) in [6.07, 6.45) is 5.55. The number of allylic oxidation sites excluding steroid dienone is 2. The minimum absolute atomic E-state index is 0.264. The first-order chi connectivity index (χ1) is 6.27. The van der Waals surface area contributed by atoms with Gasteiger partial charge in [0, 0.05) is 11.3 Å². The topological polar surface area (TPSA) is 26.0 Å². The molecule has 0 amide bonds. The third-order valence-corrected chi connectivity index (χ3v) is 2.40. The van der Waals surface area contributed by atoms with E-state index in [9.17, 15) is 4.39 Å². The Morgan fingerprint density at radius 1 is 1.31 bits per heavy atom. The van der Waals surface area contributed by atoms with Gasteiger partial charge in [0.2, 0.25) is 0 Å². The second-order valence-electron chi connectivity index (χ2n) is 3.35. The van der Waals surface area contributed by atoms with E-state index < -0.39 is 0 Å². The lowest BCUT2D eigenvalue weighted by Gasteiger charge is -2.05. The molecular weight excluding hydrogens is 165 g/mol. The molecule has 1 aliphatic carbocycles. The monoisotopic (exact) mass is 177 g/mol. The molecular formula is C11H12FN. The minimum atomic E-state index is -0.264. The van der Waals surface area contributed by atoms with Crippen LogP contribution in [-0.2, 0) is 0 Å². The third kappa shape index (κ3) is 1.57. The Hall–Kier alpha value is -1.31. The number of hydrogen-bond donors (Lipinski definition) is 1. The Balaban J connectivity index is 2.40.